The molecule has 0 fully saturated rings. The molecule has 0 unspecified atom stereocenters. The maximum Gasteiger partial charge on any atom is 0.0945 e. The third kappa shape index (κ3) is 1.29. The SMILES string of the molecule is [2H]C([2H])([2H])n1cncc1CCN. The zero-order chi connectivity index (χ0) is 9.19. The zero-order valence-electron chi connectivity index (χ0n) is 8.04. The van der Waals surface area contributed by atoms with Crippen LogP contribution in [0.2, 0.25) is 0 Å². The number of aryl methyl sites for hydroxylation is 1. The Morgan fingerprint density at radius 3 is 3.56 bits per heavy atom. The first-order chi connectivity index (χ1) is 5.55. The number of hydrogen-bond donors (Lipinski definition) is 1. The highest BCUT2D eigenvalue weighted by Gasteiger charge is 1.93. The Labute approximate surface area is 58.7 Å². The Bertz CT molecular complexity index is 253. The topological polar surface area (TPSA) is 43.8 Å². The van der Waals surface area contributed by atoms with E-state index in [0.717, 1.165) is 0 Å². The smallest absolute Gasteiger partial charge is 0.0945 e. The van der Waals surface area contributed by atoms with Crippen molar-refractivity contribution >= 4 is 0 Å². The molecular formula is C6H11N3. The maximum atomic E-state index is 7.12. The number of rotatable bonds is 2. The van der Waals surface area contributed by atoms with Crippen LogP contribution in [0, 0.1) is 0 Å². The second kappa shape index (κ2) is 2.64. The molecule has 0 radical (unpaired) electrons. The van der Waals surface area contributed by atoms with Crippen molar-refractivity contribution in [1.29, 1.82) is 0 Å². The fraction of sp³-hybridized carbons (Fsp3) is 0.500. The summed E-state index contributed by atoms with van der Waals surface area (Å²) in [6.07, 6.45) is 3.37. The fourth-order valence-corrected chi connectivity index (χ4v) is 0.655. The van der Waals surface area contributed by atoms with E-state index >= 15 is 0 Å². The van der Waals surface area contributed by atoms with Crippen molar-refractivity contribution in [3.8, 4) is 0 Å². The van der Waals surface area contributed by atoms with E-state index in [1.165, 1.54) is 17.1 Å². The van der Waals surface area contributed by atoms with E-state index in [2.05, 4.69) is 4.98 Å². The molecule has 9 heavy (non-hydrogen) atoms. The molecule has 0 aliphatic heterocycles. The summed E-state index contributed by atoms with van der Waals surface area (Å²) in [5, 5.41) is 0. The molecule has 0 aliphatic carbocycles. The molecule has 0 aliphatic rings. The molecule has 1 rings (SSSR count). The fourth-order valence-electron chi connectivity index (χ4n) is 0.655. The van der Waals surface area contributed by atoms with Gasteiger partial charge in [0.15, 0.2) is 0 Å². The second-order valence-electron chi connectivity index (χ2n) is 1.79. The van der Waals surface area contributed by atoms with Gasteiger partial charge in [0.05, 0.1) is 6.33 Å². The van der Waals surface area contributed by atoms with Crippen LogP contribution in [-0.4, -0.2) is 16.1 Å². The van der Waals surface area contributed by atoms with E-state index < -0.39 is 6.98 Å². The van der Waals surface area contributed by atoms with E-state index in [0.29, 0.717) is 18.7 Å². The van der Waals surface area contributed by atoms with E-state index in [9.17, 15) is 0 Å². The van der Waals surface area contributed by atoms with Crippen LogP contribution in [0.4, 0.5) is 0 Å². The van der Waals surface area contributed by atoms with Crippen LogP contribution in [-0.2, 0) is 13.4 Å². The van der Waals surface area contributed by atoms with Gasteiger partial charge in [-0.05, 0) is 6.54 Å². The lowest BCUT2D eigenvalue weighted by Gasteiger charge is -1.96. The summed E-state index contributed by atoms with van der Waals surface area (Å²) < 4.78 is 22.5. The van der Waals surface area contributed by atoms with E-state index in [1.807, 2.05) is 0 Å². The normalized spacial score (nSPS) is 16.3. The van der Waals surface area contributed by atoms with Crippen molar-refractivity contribution in [1.82, 2.24) is 9.55 Å². The summed E-state index contributed by atoms with van der Waals surface area (Å²) in [7, 11) is 0. The number of imidazole rings is 1. The Balaban J connectivity index is 2.91. The van der Waals surface area contributed by atoms with Gasteiger partial charge in [-0.15, -0.1) is 0 Å². The van der Waals surface area contributed by atoms with Gasteiger partial charge in [0.1, 0.15) is 0 Å². The molecule has 2 N–H and O–H groups in total. The van der Waals surface area contributed by atoms with Crippen molar-refractivity contribution < 1.29 is 4.11 Å². The minimum absolute atomic E-state index is 0.432. The molecule has 0 spiro atoms. The maximum absolute atomic E-state index is 7.12. The largest absolute Gasteiger partial charge is 0.338 e. The lowest BCUT2D eigenvalue weighted by atomic mass is 10.3. The first-order valence-electron chi connectivity index (χ1n) is 4.27. The molecule has 0 amide bonds. The monoisotopic (exact) mass is 128 g/mol. The van der Waals surface area contributed by atoms with Crippen LogP contribution in [0.3, 0.4) is 0 Å². The van der Waals surface area contributed by atoms with Gasteiger partial charge in [-0.2, -0.15) is 0 Å². The van der Waals surface area contributed by atoms with E-state index in [4.69, 9.17) is 9.85 Å². The predicted molar refractivity (Wildman–Crippen MR) is 36.0 cm³/mol. The molecule has 0 saturated carbocycles. The summed E-state index contributed by atoms with van der Waals surface area (Å²) in [5.74, 6) is 0. The molecule has 0 bridgehead atoms. The highest BCUT2D eigenvalue weighted by molar-refractivity contribution is 4.97. The molecule has 0 atom stereocenters. The first-order valence-corrected chi connectivity index (χ1v) is 2.77. The zero-order valence-corrected chi connectivity index (χ0v) is 5.04. The lowest BCUT2D eigenvalue weighted by molar-refractivity contribution is 0.804. The Morgan fingerprint density at radius 2 is 2.89 bits per heavy atom. The quantitative estimate of drug-likeness (QED) is 0.605. The van der Waals surface area contributed by atoms with Crippen LogP contribution in [0.25, 0.3) is 0 Å². The molecule has 50 valence electrons. The molecule has 3 heteroatoms. The van der Waals surface area contributed by atoms with Gasteiger partial charge in [0.25, 0.3) is 0 Å². The van der Waals surface area contributed by atoms with Crippen LogP contribution < -0.4 is 5.73 Å². The molecule has 0 saturated heterocycles. The second-order valence-corrected chi connectivity index (χ2v) is 1.79. The van der Waals surface area contributed by atoms with Crippen LogP contribution >= 0.6 is 0 Å². The Morgan fingerprint density at radius 1 is 2.00 bits per heavy atom. The van der Waals surface area contributed by atoms with E-state index in [-0.39, 0.29) is 0 Å². The number of nitrogens with two attached hydrogens (primary N) is 1. The average molecular weight is 128 g/mol. The third-order valence-corrected chi connectivity index (χ3v) is 1.12. The molecule has 3 nitrogen and oxygen atoms in total. The van der Waals surface area contributed by atoms with Gasteiger partial charge < -0.3 is 10.3 Å². The Hall–Kier alpha value is -0.830. The van der Waals surface area contributed by atoms with Gasteiger partial charge in [-0.1, -0.05) is 0 Å². The summed E-state index contributed by atoms with van der Waals surface area (Å²) in [4.78, 5) is 3.75. The van der Waals surface area contributed by atoms with Gasteiger partial charge in [0, 0.05) is 29.4 Å². The highest BCUT2D eigenvalue weighted by atomic mass is 15.0. The summed E-state index contributed by atoms with van der Waals surface area (Å²) in [6, 6.07) is 0. The van der Waals surface area contributed by atoms with Crippen LogP contribution in [0.1, 0.15) is 9.81 Å². The summed E-state index contributed by atoms with van der Waals surface area (Å²) in [6.45, 7) is -1.71. The van der Waals surface area contributed by atoms with Gasteiger partial charge >= 0.3 is 0 Å². The van der Waals surface area contributed by atoms with Crippen molar-refractivity contribution in [2.45, 2.75) is 6.42 Å². The van der Waals surface area contributed by atoms with Crippen molar-refractivity contribution in [3.63, 3.8) is 0 Å². The molecule has 1 aromatic heterocycles. The van der Waals surface area contributed by atoms with Crippen molar-refractivity contribution in [2.75, 3.05) is 6.54 Å². The highest BCUT2D eigenvalue weighted by Crippen LogP contribution is 1.94. The molecule has 1 aromatic rings. The predicted octanol–water partition coefficient (Wildman–Crippen LogP) is -0.0787. The van der Waals surface area contributed by atoms with Crippen LogP contribution in [0.15, 0.2) is 12.5 Å². The van der Waals surface area contributed by atoms with Crippen LogP contribution in [0.5, 0.6) is 0 Å². The Kier molecular flexibility index (Phi) is 0.987. The summed E-state index contributed by atoms with van der Waals surface area (Å²) in [5.41, 5.74) is 5.96. The van der Waals surface area contributed by atoms with Gasteiger partial charge in [-0.25, -0.2) is 4.98 Å². The molecule has 1 heterocycles. The van der Waals surface area contributed by atoms with Crippen molar-refractivity contribution in [2.24, 2.45) is 12.7 Å². The lowest BCUT2D eigenvalue weighted by Crippen LogP contribution is -2.05. The van der Waals surface area contributed by atoms with Gasteiger partial charge in [-0.3, -0.25) is 0 Å². The number of hydrogen-bond acceptors (Lipinski definition) is 2. The van der Waals surface area contributed by atoms with E-state index in [1.54, 1.807) is 0 Å². The minimum atomic E-state index is -2.14. The molecule has 0 aromatic carbocycles. The number of aromatic nitrogens is 2. The molecular weight excluding hydrogens is 114 g/mol. The van der Waals surface area contributed by atoms with Crippen molar-refractivity contribution in [3.05, 3.63) is 18.2 Å². The average Bonchev–Trinajstić information content (AvgIpc) is 2.34. The third-order valence-electron chi connectivity index (χ3n) is 1.12. The summed E-state index contributed by atoms with van der Waals surface area (Å²) >= 11 is 0. The first kappa shape index (κ1) is 3.37. The standard InChI is InChI=1S/C6H11N3/c1-9-5-8-4-6(9)2-3-7/h4-5H,2-3,7H2,1H3/i1D3. The number of nitrogens with zero attached hydrogens (tertiary/aromatic N) is 2. The minimum Gasteiger partial charge on any atom is -0.338 e. The van der Waals surface area contributed by atoms with Gasteiger partial charge in [0.2, 0.25) is 0 Å².